The molecule has 0 fully saturated rings. The number of fused-ring (bicyclic) bond motifs is 3. The highest BCUT2D eigenvalue weighted by atomic mass is 32.1. The summed E-state index contributed by atoms with van der Waals surface area (Å²) >= 11 is 1.55. The van der Waals surface area contributed by atoms with Crippen molar-refractivity contribution in [3.8, 4) is 5.75 Å². The average molecular weight is 355 g/mol. The van der Waals surface area contributed by atoms with Gasteiger partial charge in [-0.15, -0.1) is 16.4 Å². The van der Waals surface area contributed by atoms with Crippen molar-refractivity contribution in [2.45, 2.75) is 32.2 Å². The Morgan fingerprint density at radius 3 is 3.00 bits per heavy atom. The van der Waals surface area contributed by atoms with Gasteiger partial charge in [-0.1, -0.05) is 17.3 Å². The van der Waals surface area contributed by atoms with Crippen LogP contribution in [-0.2, 0) is 19.4 Å². The molecule has 7 heteroatoms. The third-order valence-corrected chi connectivity index (χ3v) is 5.71. The lowest BCUT2D eigenvalue weighted by Gasteiger charge is -2.10. The first-order chi connectivity index (χ1) is 12.2. The van der Waals surface area contributed by atoms with E-state index in [9.17, 15) is 9.59 Å². The van der Waals surface area contributed by atoms with Crippen LogP contribution in [0.15, 0.2) is 29.1 Å². The van der Waals surface area contributed by atoms with Gasteiger partial charge in [-0.25, -0.2) is 4.68 Å². The molecule has 0 atom stereocenters. The van der Waals surface area contributed by atoms with E-state index in [1.807, 2.05) is 0 Å². The number of hydrogen-bond acceptors (Lipinski definition) is 6. The molecule has 25 heavy (non-hydrogen) atoms. The lowest BCUT2D eigenvalue weighted by atomic mass is 9.97. The van der Waals surface area contributed by atoms with E-state index in [2.05, 4.69) is 10.3 Å². The summed E-state index contributed by atoms with van der Waals surface area (Å²) in [7, 11) is 1.55. The zero-order chi connectivity index (χ0) is 17.4. The second-order valence-electron chi connectivity index (χ2n) is 6.10. The van der Waals surface area contributed by atoms with Crippen LogP contribution < -0.4 is 10.3 Å². The van der Waals surface area contributed by atoms with E-state index in [-0.39, 0.29) is 17.9 Å². The molecule has 0 bridgehead atoms. The largest absolute Gasteiger partial charge is 0.497 e. The molecule has 1 aliphatic carbocycles. The van der Waals surface area contributed by atoms with Crippen LogP contribution >= 0.6 is 11.3 Å². The van der Waals surface area contributed by atoms with Gasteiger partial charge in [0.05, 0.1) is 12.5 Å². The lowest BCUT2D eigenvalue weighted by molar-refractivity contribution is 0.0964. The minimum atomic E-state index is -0.222. The van der Waals surface area contributed by atoms with Crippen LogP contribution in [0, 0.1) is 0 Å². The number of aromatic nitrogens is 3. The van der Waals surface area contributed by atoms with Gasteiger partial charge in [0.2, 0.25) is 0 Å². The summed E-state index contributed by atoms with van der Waals surface area (Å²) in [6, 6.07) is 6.88. The lowest BCUT2D eigenvalue weighted by Crippen LogP contribution is -2.28. The zero-order valence-electron chi connectivity index (χ0n) is 13.8. The van der Waals surface area contributed by atoms with Crippen LogP contribution in [0.1, 0.15) is 33.6 Å². The molecule has 2 heterocycles. The summed E-state index contributed by atoms with van der Waals surface area (Å²) in [5.74, 6) is 0.408. The molecule has 0 amide bonds. The Labute approximate surface area is 148 Å². The molecule has 1 aromatic carbocycles. The van der Waals surface area contributed by atoms with Gasteiger partial charge in [-0.05, 0) is 43.4 Å². The van der Waals surface area contributed by atoms with Crippen molar-refractivity contribution >= 4 is 27.3 Å². The van der Waals surface area contributed by atoms with Crippen LogP contribution in [0.5, 0.6) is 5.75 Å². The topological polar surface area (TPSA) is 74.1 Å². The van der Waals surface area contributed by atoms with Crippen molar-refractivity contribution in [1.82, 2.24) is 15.0 Å². The summed E-state index contributed by atoms with van der Waals surface area (Å²) in [5.41, 5.74) is 1.37. The number of rotatable bonds is 4. The molecule has 128 valence electrons. The fourth-order valence-electron chi connectivity index (χ4n) is 3.23. The normalized spacial score (nSPS) is 13.6. The van der Waals surface area contributed by atoms with Gasteiger partial charge in [0.25, 0.3) is 5.56 Å². The number of carbonyl (C=O) groups excluding carboxylic acids is 1. The maximum atomic E-state index is 12.8. The molecule has 3 aromatic rings. The number of ether oxygens (including phenoxy) is 1. The highest BCUT2D eigenvalue weighted by molar-refractivity contribution is 7.18. The number of methoxy groups -OCH3 is 1. The Morgan fingerprint density at radius 1 is 1.32 bits per heavy atom. The molecule has 0 saturated heterocycles. The third kappa shape index (κ3) is 2.84. The molecule has 6 nitrogen and oxygen atoms in total. The summed E-state index contributed by atoms with van der Waals surface area (Å²) in [5, 5.41) is 8.80. The fraction of sp³-hybridized carbons (Fsp3) is 0.333. The van der Waals surface area contributed by atoms with Crippen LogP contribution in [0.2, 0.25) is 0 Å². The monoisotopic (exact) mass is 355 g/mol. The number of Topliss-reactive ketones (excluding diaryl/α,β-unsaturated/α-hetero) is 1. The van der Waals surface area contributed by atoms with Gasteiger partial charge < -0.3 is 4.74 Å². The van der Waals surface area contributed by atoms with Gasteiger partial charge in [0.1, 0.15) is 12.3 Å². The summed E-state index contributed by atoms with van der Waals surface area (Å²) in [4.78, 5) is 27.3. The molecular formula is C18H17N3O3S. The van der Waals surface area contributed by atoms with Crippen LogP contribution in [0.4, 0.5) is 0 Å². The van der Waals surface area contributed by atoms with Crippen molar-refractivity contribution < 1.29 is 9.53 Å². The minimum Gasteiger partial charge on any atom is -0.497 e. The Kier molecular flexibility index (Phi) is 4.09. The first-order valence-electron chi connectivity index (χ1n) is 8.22. The summed E-state index contributed by atoms with van der Waals surface area (Å²) in [6.45, 7) is -0.125. The van der Waals surface area contributed by atoms with Crippen LogP contribution in [0.3, 0.4) is 0 Å². The van der Waals surface area contributed by atoms with E-state index in [1.165, 1.54) is 9.56 Å². The molecule has 4 rings (SSSR count). The second kappa shape index (κ2) is 6.40. The van der Waals surface area contributed by atoms with E-state index >= 15 is 0 Å². The highest BCUT2D eigenvalue weighted by Crippen LogP contribution is 2.33. The summed E-state index contributed by atoms with van der Waals surface area (Å²) in [6.07, 6.45) is 4.14. The molecular weight excluding hydrogens is 338 g/mol. The molecule has 1 aliphatic rings. The van der Waals surface area contributed by atoms with E-state index in [0.717, 1.165) is 31.2 Å². The Hall–Kier alpha value is -2.54. The number of hydrogen-bond donors (Lipinski definition) is 0. The maximum Gasteiger partial charge on any atom is 0.279 e. The van der Waals surface area contributed by atoms with Crippen LogP contribution in [0.25, 0.3) is 10.2 Å². The van der Waals surface area contributed by atoms with Gasteiger partial charge >= 0.3 is 0 Å². The molecule has 0 spiro atoms. The first kappa shape index (κ1) is 16.0. The van der Waals surface area contributed by atoms with E-state index < -0.39 is 0 Å². The second-order valence-corrected chi connectivity index (χ2v) is 7.18. The minimum absolute atomic E-state index is 0.125. The highest BCUT2D eigenvalue weighted by Gasteiger charge is 2.21. The third-order valence-electron chi connectivity index (χ3n) is 4.53. The quantitative estimate of drug-likeness (QED) is 0.673. The Bertz CT molecular complexity index is 1020. The molecule has 0 aliphatic heterocycles. The number of benzene rings is 1. The van der Waals surface area contributed by atoms with E-state index in [1.54, 1.807) is 42.7 Å². The van der Waals surface area contributed by atoms with Crippen LogP contribution in [-0.4, -0.2) is 27.9 Å². The maximum absolute atomic E-state index is 12.8. The fourth-order valence-corrected chi connectivity index (χ4v) is 4.43. The van der Waals surface area contributed by atoms with E-state index in [0.29, 0.717) is 21.5 Å². The van der Waals surface area contributed by atoms with Crippen molar-refractivity contribution in [3.63, 3.8) is 0 Å². The molecule has 0 unspecified atom stereocenters. The van der Waals surface area contributed by atoms with Crippen molar-refractivity contribution in [2.24, 2.45) is 0 Å². The SMILES string of the molecule is COc1cccc(C(=O)Cn2nnc3sc4c(c3c2=O)CCCC4)c1. The van der Waals surface area contributed by atoms with Gasteiger partial charge in [-0.3, -0.25) is 9.59 Å². The number of aryl methyl sites for hydroxylation is 2. The van der Waals surface area contributed by atoms with Gasteiger partial charge in [0.15, 0.2) is 10.6 Å². The average Bonchev–Trinajstić information content (AvgIpc) is 3.03. The van der Waals surface area contributed by atoms with Gasteiger partial charge in [-0.2, -0.15) is 0 Å². The van der Waals surface area contributed by atoms with Crippen molar-refractivity contribution in [1.29, 1.82) is 0 Å². The number of nitrogens with zero attached hydrogens (tertiary/aromatic N) is 3. The molecule has 0 saturated carbocycles. The number of ketones is 1. The molecule has 0 radical (unpaired) electrons. The summed E-state index contributed by atoms with van der Waals surface area (Å²) < 4.78 is 6.31. The number of carbonyl (C=O) groups is 1. The predicted molar refractivity (Wildman–Crippen MR) is 95.6 cm³/mol. The van der Waals surface area contributed by atoms with E-state index in [4.69, 9.17) is 4.74 Å². The van der Waals surface area contributed by atoms with Crippen molar-refractivity contribution in [2.75, 3.05) is 7.11 Å². The Morgan fingerprint density at radius 2 is 2.16 bits per heavy atom. The molecule has 0 N–H and O–H groups in total. The number of thiophene rings is 1. The smallest absolute Gasteiger partial charge is 0.279 e. The van der Waals surface area contributed by atoms with Crippen molar-refractivity contribution in [3.05, 3.63) is 50.6 Å². The molecule has 2 aromatic heterocycles. The Balaban J connectivity index is 1.71. The predicted octanol–water partition coefficient (Wildman–Crippen LogP) is 2.62. The standard InChI is InChI=1S/C18H17N3O3S/c1-24-12-6-4-5-11(9-12)14(22)10-21-18(23)16-13-7-2-3-8-15(13)25-17(16)19-20-21/h4-6,9H,2-3,7-8,10H2,1H3. The zero-order valence-corrected chi connectivity index (χ0v) is 14.6. The first-order valence-corrected chi connectivity index (χ1v) is 9.04. The van der Waals surface area contributed by atoms with Gasteiger partial charge in [0, 0.05) is 10.4 Å².